The third-order valence-corrected chi connectivity index (χ3v) is 3.30. The molecule has 0 radical (unpaired) electrons. The predicted octanol–water partition coefficient (Wildman–Crippen LogP) is 2.72. The Morgan fingerprint density at radius 1 is 1.29 bits per heavy atom. The van der Waals surface area contributed by atoms with E-state index >= 15 is 0 Å². The van der Waals surface area contributed by atoms with Crippen molar-refractivity contribution in [2.75, 3.05) is 6.54 Å². The molecule has 3 nitrogen and oxygen atoms in total. The molecule has 0 aliphatic carbocycles. The first-order valence-electron chi connectivity index (χ1n) is 6.16. The van der Waals surface area contributed by atoms with Crippen LogP contribution in [0.2, 0.25) is 0 Å². The molecule has 94 valence electrons. The second-order valence-electron chi connectivity index (χ2n) is 4.31. The molecule has 1 rings (SSSR count). The molecule has 3 N–H and O–H groups in total. The average molecular weight is 235 g/mol. The molecule has 1 aromatic carbocycles. The van der Waals surface area contributed by atoms with Gasteiger partial charge in [-0.25, -0.2) is 0 Å². The highest BCUT2D eigenvalue weighted by Crippen LogP contribution is 2.26. The van der Waals surface area contributed by atoms with Gasteiger partial charge < -0.3 is 10.8 Å². The standard InChI is InChI=1S/C14H21NO2/c1-3-10(4-2)11-6-5-7-12(8-11)13(9-15)14(16)17/h5-8,10,13H,3-4,9,15H2,1-2H3,(H,16,17). The van der Waals surface area contributed by atoms with E-state index in [1.807, 2.05) is 18.2 Å². The van der Waals surface area contributed by atoms with Gasteiger partial charge in [0.25, 0.3) is 0 Å². The van der Waals surface area contributed by atoms with Gasteiger partial charge in [0.1, 0.15) is 0 Å². The summed E-state index contributed by atoms with van der Waals surface area (Å²) in [6, 6.07) is 7.83. The lowest BCUT2D eigenvalue weighted by Gasteiger charge is -2.16. The highest BCUT2D eigenvalue weighted by Gasteiger charge is 2.18. The second-order valence-corrected chi connectivity index (χ2v) is 4.31. The third kappa shape index (κ3) is 3.30. The number of hydrogen-bond acceptors (Lipinski definition) is 2. The SMILES string of the molecule is CCC(CC)c1cccc(C(CN)C(=O)O)c1. The van der Waals surface area contributed by atoms with Crippen LogP contribution in [0, 0.1) is 0 Å². The maximum absolute atomic E-state index is 11.1. The van der Waals surface area contributed by atoms with Crippen molar-refractivity contribution in [3.63, 3.8) is 0 Å². The zero-order valence-electron chi connectivity index (χ0n) is 10.5. The van der Waals surface area contributed by atoms with Crippen LogP contribution in [0.15, 0.2) is 24.3 Å². The van der Waals surface area contributed by atoms with Gasteiger partial charge >= 0.3 is 5.97 Å². The molecule has 0 spiro atoms. The number of hydrogen-bond donors (Lipinski definition) is 2. The van der Waals surface area contributed by atoms with E-state index < -0.39 is 11.9 Å². The largest absolute Gasteiger partial charge is 0.481 e. The minimum absolute atomic E-state index is 0.141. The van der Waals surface area contributed by atoms with Gasteiger partial charge in [-0.05, 0) is 29.9 Å². The first-order valence-corrected chi connectivity index (χ1v) is 6.16. The summed E-state index contributed by atoms with van der Waals surface area (Å²) in [5.41, 5.74) is 7.54. The molecule has 0 aliphatic heterocycles. The van der Waals surface area contributed by atoms with Gasteiger partial charge in [-0.15, -0.1) is 0 Å². The Morgan fingerprint density at radius 3 is 2.35 bits per heavy atom. The van der Waals surface area contributed by atoms with Gasteiger partial charge in [0, 0.05) is 6.54 Å². The molecule has 0 saturated heterocycles. The average Bonchev–Trinajstić information content (AvgIpc) is 2.31. The summed E-state index contributed by atoms with van der Waals surface area (Å²) in [4.78, 5) is 11.1. The molecule has 0 bridgehead atoms. The minimum Gasteiger partial charge on any atom is -0.481 e. The number of rotatable bonds is 6. The van der Waals surface area contributed by atoms with E-state index in [0.29, 0.717) is 5.92 Å². The first-order chi connectivity index (χ1) is 8.13. The van der Waals surface area contributed by atoms with Gasteiger partial charge in [-0.3, -0.25) is 4.79 Å². The maximum Gasteiger partial charge on any atom is 0.312 e. The number of benzene rings is 1. The quantitative estimate of drug-likeness (QED) is 0.796. The van der Waals surface area contributed by atoms with Crippen molar-refractivity contribution in [3.8, 4) is 0 Å². The molecule has 1 atom stereocenters. The molecule has 0 amide bonds. The van der Waals surface area contributed by atoms with Crippen LogP contribution in [-0.2, 0) is 4.79 Å². The van der Waals surface area contributed by atoms with Crippen molar-refractivity contribution in [2.24, 2.45) is 5.73 Å². The van der Waals surface area contributed by atoms with Crippen LogP contribution < -0.4 is 5.73 Å². The van der Waals surface area contributed by atoms with E-state index in [0.717, 1.165) is 18.4 Å². The van der Waals surface area contributed by atoms with Crippen LogP contribution in [-0.4, -0.2) is 17.6 Å². The summed E-state index contributed by atoms with van der Waals surface area (Å²) in [5, 5.41) is 9.09. The van der Waals surface area contributed by atoms with E-state index in [2.05, 4.69) is 19.9 Å². The summed E-state index contributed by atoms with van der Waals surface area (Å²) in [7, 11) is 0. The molecule has 3 heteroatoms. The van der Waals surface area contributed by atoms with E-state index in [-0.39, 0.29) is 6.54 Å². The van der Waals surface area contributed by atoms with Gasteiger partial charge in [-0.1, -0.05) is 38.1 Å². The van der Waals surface area contributed by atoms with Gasteiger partial charge in [0.05, 0.1) is 5.92 Å². The monoisotopic (exact) mass is 235 g/mol. The molecule has 1 aromatic rings. The second kappa shape index (κ2) is 6.40. The van der Waals surface area contributed by atoms with E-state index in [4.69, 9.17) is 10.8 Å². The normalized spacial score (nSPS) is 12.7. The summed E-state index contributed by atoms with van der Waals surface area (Å²) >= 11 is 0. The Hall–Kier alpha value is -1.35. The molecular formula is C14H21NO2. The lowest BCUT2D eigenvalue weighted by atomic mass is 9.90. The van der Waals surface area contributed by atoms with E-state index in [1.54, 1.807) is 0 Å². The van der Waals surface area contributed by atoms with Gasteiger partial charge in [0.2, 0.25) is 0 Å². The lowest BCUT2D eigenvalue weighted by Crippen LogP contribution is -2.21. The van der Waals surface area contributed by atoms with Crippen molar-refractivity contribution < 1.29 is 9.90 Å². The van der Waals surface area contributed by atoms with Crippen molar-refractivity contribution >= 4 is 5.97 Å². The predicted molar refractivity (Wildman–Crippen MR) is 69.2 cm³/mol. The van der Waals surface area contributed by atoms with Crippen LogP contribution in [0.3, 0.4) is 0 Å². The lowest BCUT2D eigenvalue weighted by molar-refractivity contribution is -0.138. The van der Waals surface area contributed by atoms with Crippen LogP contribution in [0.25, 0.3) is 0 Å². The Morgan fingerprint density at radius 2 is 1.88 bits per heavy atom. The zero-order valence-corrected chi connectivity index (χ0v) is 10.5. The fraction of sp³-hybridized carbons (Fsp3) is 0.500. The summed E-state index contributed by atoms with van der Waals surface area (Å²) in [6.45, 7) is 4.44. The molecule has 0 aromatic heterocycles. The van der Waals surface area contributed by atoms with Crippen molar-refractivity contribution in [2.45, 2.75) is 38.5 Å². The first kappa shape index (κ1) is 13.7. The molecule has 1 unspecified atom stereocenters. The smallest absolute Gasteiger partial charge is 0.312 e. The Balaban J connectivity index is 3.03. The van der Waals surface area contributed by atoms with Gasteiger partial charge in [-0.2, -0.15) is 0 Å². The van der Waals surface area contributed by atoms with Gasteiger partial charge in [0.15, 0.2) is 0 Å². The van der Waals surface area contributed by atoms with Crippen LogP contribution in [0.5, 0.6) is 0 Å². The number of carbonyl (C=O) groups is 1. The number of aliphatic carboxylic acids is 1. The highest BCUT2D eigenvalue weighted by molar-refractivity contribution is 5.76. The topological polar surface area (TPSA) is 63.3 Å². The van der Waals surface area contributed by atoms with Crippen LogP contribution in [0.4, 0.5) is 0 Å². The van der Waals surface area contributed by atoms with Crippen molar-refractivity contribution in [1.29, 1.82) is 0 Å². The number of carboxylic acids is 1. The molecule has 0 aliphatic rings. The van der Waals surface area contributed by atoms with Crippen molar-refractivity contribution in [3.05, 3.63) is 35.4 Å². The van der Waals surface area contributed by atoms with Crippen LogP contribution >= 0.6 is 0 Å². The molecule has 0 saturated carbocycles. The molecular weight excluding hydrogens is 214 g/mol. The third-order valence-electron chi connectivity index (χ3n) is 3.30. The highest BCUT2D eigenvalue weighted by atomic mass is 16.4. The maximum atomic E-state index is 11.1. The number of carboxylic acid groups (broad SMARTS) is 1. The van der Waals surface area contributed by atoms with E-state index in [9.17, 15) is 4.79 Å². The Labute approximate surface area is 103 Å². The number of nitrogens with two attached hydrogens (primary N) is 1. The summed E-state index contributed by atoms with van der Waals surface area (Å²) < 4.78 is 0. The Bertz CT molecular complexity index is 372. The Kier molecular flexibility index (Phi) is 5.16. The zero-order chi connectivity index (χ0) is 12.8. The molecule has 17 heavy (non-hydrogen) atoms. The minimum atomic E-state index is -0.853. The fourth-order valence-electron chi connectivity index (χ4n) is 2.17. The molecule has 0 fully saturated rings. The summed E-state index contributed by atoms with van der Waals surface area (Å²) in [5.74, 6) is -0.944. The van der Waals surface area contributed by atoms with E-state index in [1.165, 1.54) is 5.56 Å². The summed E-state index contributed by atoms with van der Waals surface area (Å²) in [6.07, 6.45) is 2.14. The molecule has 0 heterocycles. The fourth-order valence-corrected chi connectivity index (χ4v) is 2.17. The van der Waals surface area contributed by atoms with Crippen LogP contribution in [0.1, 0.15) is 49.7 Å². The van der Waals surface area contributed by atoms with Crippen molar-refractivity contribution in [1.82, 2.24) is 0 Å².